The van der Waals surface area contributed by atoms with Crippen molar-refractivity contribution in [2.75, 3.05) is 0 Å². The summed E-state index contributed by atoms with van der Waals surface area (Å²) >= 11 is 2.28. The number of rotatable bonds is 3. The molecule has 0 radical (unpaired) electrons. The first-order valence-corrected chi connectivity index (χ1v) is 5.90. The Morgan fingerprint density at radius 2 is 2.00 bits per heavy atom. The zero-order chi connectivity index (χ0) is 9.80. The van der Waals surface area contributed by atoms with Gasteiger partial charge in [-0.1, -0.05) is 58.1 Å². The maximum atomic E-state index is 4.04. The number of alkyl halides is 1. The van der Waals surface area contributed by atoms with Gasteiger partial charge in [0.15, 0.2) is 0 Å². The monoisotopic (exact) mass is 299 g/mol. The Bertz CT molecular complexity index is 397. The van der Waals surface area contributed by atoms with Crippen LogP contribution in [0.2, 0.25) is 0 Å². The third-order valence-corrected chi connectivity index (χ3v) is 2.69. The second-order valence-electron chi connectivity index (χ2n) is 3.03. The van der Waals surface area contributed by atoms with Gasteiger partial charge in [0.1, 0.15) is 0 Å². The molecule has 3 nitrogen and oxygen atoms in total. The Balaban J connectivity index is 2.11. The highest BCUT2D eigenvalue weighted by Crippen LogP contribution is 2.04. The molecule has 0 aliphatic carbocycles. The van der Waals surface area contributed by atoms with Crippen LogP contribution in [0.25, 0.3) is 0 Å². The highest BCUT2D eigenvalue weighted by molar-refractivity contribution is 14.1. The van der Waals surface area contributed by atoms with E-state index in [2.05, 4.69) is 45.0 Å². The zero-order valence-electron chi connectivity index (χ0n) is 7.60. The third kappa shape index (κ3) is 2.31. The first-order valence-electron chi connectivity index (χ1n) is 4.37. The number of benzene rings is 1. The van der Waals surface area contributed by atoms with Crippen molar-refractivity contribution in [3.63, 3.8) is 0 Å². The van der Waals surface area contributed by atoms with Gasteiger partial charge in [0.05, 0.1) is 12.2 Å². The minimum Gasteiger partial charge on any atom is -0.248 e. The molecule has 2 rings (SSSR count). The molecule has 1 aromatic carbocycles. The van der Waals surface area contributed by atoms with Gasteiger partial charge in [-0.15, -0.1) is 5.10 Å². The molecule has 0 unspecified atom stereocenters. The zero-order valence-corrected chi connectivity index (χ0v) is 9.76. The summed E-state index contributed by atoms with van der Waals surface area (Å²) in [5, 5.41) is 8.08. The second kappa shape index (κ2) is 4.54. The lowest BCUT2D eigenvalue weighted by Gasteiger charge is -1.98. The molecular formula is C10H10IN3. The summed E-state index contributed by atoms with van der Waals surface area (Å²) < 4.78 is 2.77. The van der Waals surface area contributed by atoms with E-state index in [1.165, 1.54) is 5.56 Å². The maximum absolute atomic E-state index is 4.04. The van der Waals surface area contributed by atoms with E-state index in [1.54, 1.807) is 0 Å². The molecule has 1 aromatic heterocycles. The van der Waals surface area contributed by atoms with Gasteiger partial charge in [-0.05, 0) is 5.56 Å². The van der Waals surface area contributed by atoms with E-state index >= 15 is 0 Å². The molecule has 0 fully saturated rings. The van der Waals surface area contributed by atoms with E-state index in [0.717, 1.165) is 16.7 Å². The molecule has 2 aromatic rings. The molecule has 0 bridgehead atoms. The summed E-state index contributed by atoms with van der Waals surface area (Å²) in [5.41, 5.74) is 2.28. The fourth-order valence-corrected chi connectivity index (χ4v) is 1.60. The number of nitrogens with zero attached hydrogens (tertiary/aromatic N) is 3. The molecule has 0 saturated carbocycles. The quantitative estimate of drug-likeness (QED) is 0.643. The molecular weight excluding hydrogens is 289 g/mol. The van der Waals surface area contributed by atoms with Gasteiger partial charge in [0.2, 0.25) is 0 Å². The van der Waals surface area contributed by atoms with E-state index in [1.807, 2.05) is 29.1 Å². The smallest absolute Gasteiger partial charge is 0.0924 e. The normalized spacial score (nSPS) is 10.4. The van der Waals surface area contributed by atoms with Gasteiger partial charge in [0.25, 0.3) is 0 Å². The summed E-state index contributed by atoms with van der Waals surface area (Å²) in [6.07, 6.45) is 1.99. The molecule has 14 heavy (non-hydrogen) atoms. The number of aromatic nitrogens is 3. The molecule has 0 saturated heterocycles. The van der Waals surface area contributed by atoms with Crippen molar-refractivity contribution in [1.29, 1.82) is 0 Å². The van der Waals surface area contributed by atoms with Gasteiger partial charge < -0.3 is 0 Å². The van der Waals surface area contributed by atoms with Crippen LogP contribution in [-0.4, -0.2) is 15.0 Å². The minimum atomic E-state index is 0.796. The Labute approximate surface area is 96.3 Å². The summed E-state index contributed by atoms with van der Waals surface area (Å²) in [6, 6.07) is 10.3. The second-order valence-corrected chi connectivity index (χ2v) is 3.79. The summed E-state index contributed by atoms with van der Waals surface area (Å²) in [4.78, 5) is 0. The SMILES string of the molecule is ICc1cn(Cc2ccccc2)nn1. The first kappa shape index (κ1) is 9.64. The predicted molar refractivity (Wildman–Crippen MR) is 63.3 cm³/mol. The number of hydrogen-bond acceptors (Lipinski definition) is 2. The lowest BCUT2D eigenvalue weighted by molar-refractivity contribution is 0.649. The molecule has 0 aliphatic rings. The molecule has 0 atom stereocenters. The molecule has 1 heterocycles. The van der Waals surface area contributed by atoms with E-state index in [0.29, 0.717) is 0 Å². The third-order valence-electron chi connectivity index (χ3n) is 1.91. The Morgan fingerprint density at radius 1 is 1.21 bits per heavy atom. The van der Waals surface area contributed by atoms with Gasteiger partial charge in [0, 0.05) is 10.6 Å². The van der Waals surface area contributed by atoms with E-state index in [4.69, 9.17) is 0 Å². The van der Waals surface area contributed by atoms with Crippen molar-refractivity contribution in [1.82, 2.24) is 15.0 Å². The lowest BCUT2D eigenvalue weighted by atomic mass is 10.2. The molecule has 0 amide bonds. The van der Waals surface area contributed by atoms with Crippen molar-refractivity contribution in [2.45, 2.75) is 11.0 Å². The van der Waals surface area contributed by atoms with Crippen LogP contribution in [0.4, 0.5) is 0 Å². The van der Waals surface area contributed by atoms with Crippen molar-refractivity contribution in [3.8, 4) is 0 Å². The van der Waals surface area contributed by atoms with Gasteiger partial charge in [-0.3, -0.25) is 0 Å². The number of halogens is 1. The fourth-order valence-electron chi connectivity index (χ4n) is 1.25. The van der Waals surface area contributed by atoms with Crippen LogP contribution in [0.5, 0.6) is 0 Å². The first-order chi connectivity index (χ1) is 6.88. The lowest BCUT2D eigenvalue weighted by Crippen LogP contribution is -1.99. The van der Waals surface area contributed by atoms with Gasteiger partial charge >= 0.3 is 0 Å². The highest BCUT2D eigenvalue weighted by Gasteiger charge is 1.98. The predicted octanol–water partition coefficient (Wildman–Crippen LogP) is 2.26. The molecule has 4 heteroatoms. The summed E-state index contributed by atoms with van der Waals surface area (Å²) in [7, 11) is 0. The molecule has 0 aliphatic heterocycles. The average molecular weight is 299 g/mol. The molecule has 0 spiro atoms. The average Bonchev–Trinajstić information content (AvgIpc) is 2.67. The van der Waals surface area contributed by atoms with Crippen molar-refractivity contribution in [3.05, 3.63) is 47.8 Å². The highest BCUT2D eigenvalue weighted by atomic mass is 127. The maximum Gasteiger partial charge on any atom is 0.0924 e. The molecule has 72 valence electrons. The van der Waals surface area contributed by atoms with Crippen LogP contribution in [0.1, 0.15) is 11.3 Å². The van der Waals surface area contributed by atoms with E-state index < -0.39 is 0 Å². The van der Waals surface area contributed by atoms with Crippen LogP contribution in [0.3, 0.4) is 0 Å². The minimum absolute atomic E-state index is 0.796. The van der Waals surface area contributed by atoms with Crippen LogP contribution in [0, 0.1) is 0 Å². The van der Waals surface area contributed by atoms with Crippen molar-refractivity contribution >= 4 is 22.6 Å². The topological polar surface area (TPSA) is 30.7 Å². The fraction of sp³-hybridized carbons (Fsp3) is 0.200. The van der Waals surface area contributed by atoms with Gasteiger partial charge in [-0.2, -0.15) is 0 Å². The van der Waals surface area contributed by atoms with Crippen LogP contribution in [0.15, 0.2) is 36.5 Å². The number of hydrogen-bond donors (Lipinski definition) is 0. The summed E-state index contributed by atoms with van der Waals surface area (Å²) in [6.45, 7) is 0.796. The standard InChI is InChI=1S/C10H10IN3/c11-6-10-8-14(13-12-10)7-9-4-2-1-3-5-9/h1-5,8H,6-7H2. The largest absolute Gasteiger partial charge is 0.248 e. The van der Waals surface area contributed by atoms with Crippen molar-refractivity contribution < 1.29 is 0 Å². The van der Waals surface area contributed by atoms with Crippen LogP contribution >= 0.6 is 22.6 Å². The van der Waals surface area contributed by atoms with E-state index in [-0.39, 0.29) is 0 Å². The van der Waals surface area contributed by atoms with E-state index in [9.17, 15) is 0 Å². The Hall–Kier alpha value is -0.910. The Morgan fingerprint density at radius 3 is 2.64 bits per heavy atom. The van der Waals surface area contributed by atoms with Crippen molar-refractivity contribution in [2.24, 2.45) is 0 Å². The van der Waals surface area contributed by atoms with Gasteiger partial charge in [-0.25, -0.2) is 4.68 Å². The summed E-state index contributed by atoms with van der Waals surface area (Å²) in [5.74, 6) is 0. The van der Waals surface area contributed by atoms with Crippen LogP contribution < -0.4 is 0 Å². The Kier molecular flexibility index (Phi) is 3.13. The molecule has 0 N–H and O–H groups in total. The van der Waals surface area contributed by atoms with Crippen LogP contribution in [-0.2, 0) is 11.0 Å².